The van der Waals surface area contributed by atoms with Crippen LogP contribution in [0.25, 0.3) is 0 Å². The van der Waals surface area contributed by atoms with Crippen molar-refractivity contribution in [2.75, 3.05) is 0 Å². The van der Waals surface area contributed by atoms with E-state index in [1.807, 2.05) is 0 Å². The molecule has 0 aliphatic heterocycles. The van der Waals surface area contributed by atoms with E-state index in [1.54, 1.807) is 0 Å². The molecule has 11 heavy (non-hydrogen) atoms. The molecule has 0 spiro atoms. The molecule has 0 amide bonds. The molecule has 0 rings (SSSR count). The van der Waals surface area contributed by atoms with Gasteiger partial charge >= 0.3 is 11.9 Å². The van der Waals surface area contributed by atoms with Crippen LogP contribution in [0.5, 0.6) is 0 Å². The molecule has 4 heteroatoms. The van der Waals surface area contributed by atoms with Crippen LogP contribution < -0.4 is 0 Å². The second-order valence-corrected chi connectivity index (χ2v) is 1.58. The molecular formula is C7H8O4. The lowest BCUT2D eigenvalue weighted by atomic mass is 10.4. The Hall–Kier alpha value is -1.58. The van der Waals surface area contributed by atoms with Gasteiger partial charge in [-0.1, -0.05) is 6.58 Å². The predicted molar refractivity (Wildman–Crippen MR) is 37.7 cm³/mol. The van der Waals surface area contributed by atoms with Crippen LogP contribution >= 0.6 is 0 Å². The fourth-order valence-electron chi connectivity index (χ4n) is 0.376. The van der Waals surface area contributed by atoms with Gasteiger partial charge in [-0.15, -0.1) is 0 Å². The lowest BCUT2D eigenvalue weighted by Gasteiger charge is -1.98. The van der Waals surface area contributed by atoms with Crippen molar-refractivity contribution >= 4 is 11.9 Å². The zero-order chi connectivity index (χ0) is 8.85. The molecular weight excluding hydrogens is 148 g/mol. The largest absolute Gasteiger partial charge is 0.475 e. The summed E-state index contributed by atoms with van der Waals surface area (Å²) in [7, 11) is 0. The minimum atomic E-state index is -1.28. The van der Waals surface area contributed by atoms with Gasteiger partial charge in [0.2, 0.25) is 5.76 Å². The second-order valence-electron chi connectivity index (χ2n) is 1.58. The molecule has 0 atom stereocenters. The standard InChI is InChI=1S/C7H8O4/c1-3-5(7(9)10)11-6(8)4-2/h3-4H,2H2,1H3,(H,9,10). The van der Waals surface area contributed by atoms with Crippen molar-refractivity contribution in [2.24, 2.45) is 0 Å². The topological polar surface area (TPSA) is 63.6 Å². The highest BCUT2D eigenvalue weighted by atomic mass is 16.6. The van der Waals surface area contributed by atoms with Crippen LogP contribution in [-0.4, -0.2) is 17.0 Å². The number of esters is 1. The molecule has 1 N–H and O–H groups in total. The van der Waals surface area contributed by atoms with Crippen molar-refractivity contribution in [1.29, 1.82) is 0 Å². The lowest BCUT2D eigenvalue weighted by Crippen LogP contribution is -2.08. The third-order valence-electron chi connectivity index (χ3n) is 0.850. The van der Waals surface area contributed by atoms with E-state index in [9.17, 15) is 9.59 Å². The number of rotatable bonds is 3. The van der Waals surface area contributed by atoms with Crippen LogP contribution in [0.3, 0.4) is 0 Å². The molecule has 0 bridgehead atoms. The van der Waals surface area contributed by atoms with E-state index in [1.165, 1.54) is 13.0 Å². The number of allylic oxidation sites excluding steroid dienone is 1. The monoisotopic (exact) mass is 156 g/mol. The smallest absolute Gasteiger partial charge is 0.371 e. The molecule has 0 heterocycles. The number of aliphatic carboxylic acids is 1. The Morgan fingerprint density at radius 2 is 2.09 bits per heavy atom. The summed E-state index contributed by atoms with van der Waals surface area (Å²) in [6.45, 7) is 4.57. The first-order chi connectivity index (χ1) is 5.11. The highest BCUT2D eigenvalue weighted by molar-refractivity contribution is 5.90. The Morgan fingerprint density at radius 1 is 1.55 bits per heavy atom. The van der Waals surface area contributed by atoms with Crippen molar-refractivity contribution in [2.45, 2.75) is 6.92 Å². The molecule has 0 aromatic rings. The van der Waals surface area contributed by atoms with Crippen LogP contribution in [0.4, 0.5) is 0 Å². The summed E-state index contributed by atoms with van der Waals surface area (Å²) in [6.07, 6.45) is 2.08. The van der Waals surface area contributed by atoms with Gasteiger partial charge in [0.15, 0.2) is 0 Å². The fourth-order valence-corrected chi connectivity index (χ4v) is 0.376. The number of ether oxygens (including phenoxy) is 1. The van der Waals surface area contributed by atoms with Crippen molar-refractivity contribution in [3.8, 4) is 0 Å². The molecule has 0 saturated heterocycles. The number of hydrogen-bond donors (Lipinski definition) is 1. The van der Waals surface area contributed by atoms with Gasteiger partial charge in [-0.05, 0) is 13.0 Å². The molecule has 0 saturated carbocycles. The van der Waals surface area contributed by atoms with Gasteiger partial charge in [0, 0.05) is 6.08 Å². The Bertz CT molecular complexity index is 214. The van der Waals surface area contributed by atoms with Crippen molar-refractivity contribution < 1.29 is 19.4 Å². The number of carbonyl (C=O) groups excluding carboxylic acids is 1. The van der Waals surface area contributed by atoms with E-state index in [0.717, 1.165) is 6.08 Å². The van der Waals surface area contributed by atoms with E-state index < -0.39 is 17.7 Å². The van der Waals surface area contributed by atoms with Gasteiger partial charge < -0.3 is 9.84 Å². The SMILES string of the molecule is C=CC(=O)OC(=CC)C(=O)O. The predicted octanol–water partition coefficient (Wildman–Crippen LogP) is 0.704. The Balaban J connectivity index is 4.22. The maximum absolute atomic E-state index is 10.4. The van der Waals surface area contributed by atoms with Gasteiger partial charge in [0.1, 0.15) is 0 Å². The van der Waals surface area contributed by atoms with E-state index in [0.29, 0.717) is 0 Å². The summed E-state index contributed by atoms with van der Waals surface area (Å²) in [6, 6.07) is 0. The second kappa shape index (κ2) is 4.27. The normalized spacial score (nSPS) is 10.5. The molecule has 0 aliphatic carbocycles. The minimum absolute atomic E-state index is 0.394. The van der Waals surface area contributed by atoms with E-state index >= 15 is 0 Å². The molecule has 0 aromatic heterocycles. The average Bonchev–Trinajstić information content (AvgIpc) is 1.99. The highest BCUT2D eigenvalue weighted by Gasteiger charge is 2.09. The minimum Gasteiger partial charge on any atom is -0.475 e. The third kappa shape index (κ3) is 3.20. The molecule has 4 nitrogen and oxygen atoms in total. The summed E-state index contributed by atoms with van der Waals surface area (Å²) in [5.74, 6) is -2.45. The van der Waals surface area contributed by atoms with Crippen molar-refractivity contribution in [3.63, 3.8) is 0 Å². The quantitative estimate of drug-likeness (QED) is 0.371. The summed E-state index contributed by atoms with van der Waals surface area (Å²) in [5, 5.41) is 8.34. The maximum atomic E-state index is 10.4. The molecule has 0 aromatic carbocycles. The average molecular weight is 156 g/mol. The fraction of sp³-hybridized carbons (Fsp3) is 0.143. The van der Waals surface area contributed by atoms with Crippen LogP contribution in [-0.2, 0) is 14.3 Å². The first kappa shape index (κ1) is 9.42. The Morgan fingerprint density at radius 3 is 2.36 bits per heavy atom. The first-order valence-electron chi connectivity index (χ1n) is 2.85. The van der Waals surface area contributed by atoms with Crippen LogP contribution in [0.2, 0.25) is 0 Å². The van der Waals surface area contributed by atoms with E-state index in [2.05, 4.69) is 11.3 Å². The zero-order valence-corrected chi connectivity index (χ0v) is 6.03. The first-order valence-corrected chi connectivity index (χ1v) is 2.85. The zero-order valence-electron chi connectivity index (χ0n) is 6.03. The van der Waals surface area contributed by atoms with Crippen molar-refractivity contribution in [1.82, 2.24) is 0 Å². The molecule has 0 fully saturated rings. The molecule has 0 aliphatic rings. The summed E-state index contributed by atoms with van der Waals surface area (Å²) in [5.41, 5.74) is 0. The van der Waals surface area contributed by atoms with Crippen molar-refractivity contribution in [3.05, 3.63) is 24.5 Å². The number of carboxylic acids is 1. The summed E-state index contributed by atoms with van der Waals surface area (Å²) < 4.78 is 4.31. The highest BCUT2D eigenvalue weighted by Crippen LogP contribution is 1.97. The third-order valence-corrected chi connectivity index (χ3v) is 0.850. The van der Waals surface area contributed by atoms with Gasteiger partial charge in [0.25, 0.3) is 0 Å². The van der Waals surface area contributed by atoms with Gasteiger partial charge in [-0.25, -0.2) is 9.59 Å². The van der Waals surface area contributed by atoms with Crippen LogP contribution in [0, 0.1) is 0 Å². The van der Waals surface area contributed by atoms with Gasteiger partial charge in [0.05, 0.1) is 0 Å². The Labute approximate surface area is 63.8 Å². The van der Waals surface area contributed by atoms with Gasteiger partial charge in [-0.3, -0.25) is 0 Å². The molecule has 0 unspecified atom stereocenters. The number of carbonyl (C=O) groups is 2. The Kier molecular flexibility index (Phi) is 3.66. The van der Waals surface area contributed by atoms with Gasteiger partial charge in [-0.2, -0.15) is 0 Å². The molecule has 0 radical (unpaired) electrons. The summed E-state index contributed by atoms with van der Waals surface area (Å²) in [4.78, 5) is 20.6. The number of carboxylic acid groups (broad SMARTS) is 1. The van der Waals surface area contributed by atoms with E-state index in [-0.39, 0.29) is 0 Å². The lowest BCUT2D eigenvalue weighted by molar-refractivity contribution is -0.144. The maximum Gasteiger partial charge on any atom is 0.371 e. The van der Waals surface area contributed by atoms with Crippen LogP contribution in [0.1, 0.15) is 6.92 Å². The molecule has 60 valence electrons. The summed E-state index contributed by atoms with van der Waals surface area (Å²) >= 11 is 0. The number of hydrogen-bond acceptors (Lipinski definition) is 3. The van der Waals surface area contributed by atoms with Crippen LogP contribution in [0.15, 0.2) is 24.5 Å². The van der Waals surface area contributed by atoms with E-state index in [4.69, 9.17) is 5.11 Å².